The fourth-order valence-electron chi connectivity index (χ4n) is 5.38. The Morgan fingerprint density at radius 2 is 1.73 bits per heavy atom. The summed E-state index contributed by atoms with van der Waals surface area (Å²) in [7, 11) is 1.24. The Balaban J connectivity index is 1.54. The number of pyridine rings is 1. The lowest BCUT2D eigenvalue weighted by Crippen LogP contribution is -2.32. The first-order valence-corrected chi connectivity index (χ1v) is 16.9. The Bertz CT molecular complexity index is 1910. The van der Waals surface area contributed by atoms with Crippen molar-refractivity contribution in [3.63, 3.8) is 0 Å². The van der Waals surface area contributed by atoms with E-state index in [-0.39, 0.29) is 23.5 Å². The smallest absolute Gasteiger partial charge is 0.407 e. The van der Waals surface area contributed by atoms with Crippen molar-refractivity contribution in [1.29, 1.82) is 0 Å². The van der Waals surface area contributed by atoms with E-state index in [1.165, 1.54) is 13.2 Å². The van der Waals surface area contributed by atoms with Crippen LogP contribution in [-0.2, 0) is 22.4 Å². The molecule has 4 aromatic rings. The van der Waals surface area contributed by atoms with Gasteiger partial charge in [0.2, 0.25) is 0 Å². The molecule has 0 spiro atoms. The Kier molecular flexibility index (Phi) is 10.7. The molecular weight excluding hydrogens is 644 g/mol. The van der Waals surface area contributed by atoms with Crippen LogP contribution in [0.5, 0.6) is 5.75 Å². The zero-order valence-electron chi connectivity index (χ0n) is 28.4. The first-order valence-electron chi connectivity index (χ1n) is 16.0. The highest BCUT2D eigenvalue weighted by molar-refractivity contribution is 7.08. The van der Waals surface area contributed by atoms with Crippen LogP contribution in [0.1, 0.15) is 82.1 Å². The molecule has 0 bridgehead atoms. The van der Waals surface area contributed by atoms with E-state index >= 15 is 0 Å². The van der Waals surface area contributed by atoms with E-state index in [1.807, 2.05) is 31.4 Å². The summed E-state index contributed by atoms with van der Waals surface area (Å²) in [6.45, 7) is 10.3. The van der Waals surface area contributed by atoms with Crippen LogP contribution in [0.15, 0.2) is 53.2 Å². The standard InChI is InChI=1S/C37H40N4O7S/c1-7-13-38-34(43)30-11-9-24(32(40-30)35(44)46-6)25-17-31-26(28-20-49-19-23(28)12-14-47-31)16-27(25)33(42)41-29-10-8-22(15-21(29)2)18-39-36(45)48-37(3,4)5/h8-11,15-17,19-20H,7,12-14,18H2,1-6H3,(H,38,43)(H,39,45)(H,41,42). The summed E-state index contributed by atoms with van der Waals surface area (Å²) < 4.78 is 16.6. The molecule has 2 aromatic heterocycles. The predicted molar refractivity (Wildman–Crippen MR) is 188 cm³/mol. The van der Waals surface area contributed by atoms with Crippen LogP contribution in [-0.4, -0.2) is 54.7 Å². The molecule has 0 saturated heterocycles. The van der Waals surface area contributed by atoms with Crippen LogP contribution < -0.4 is 20.7 Å². The van der Waals surface area contributed by atoms with E-state index in [1.54, 1.807) is 56.4 Å². The van der Waals surface area contributed by atoms with Crippen molar-refractivity contribution in [2.24, 2.45) is 0 Å². The van der Waals surface area contributed by atoms with Gasteiger partial charge >= 0.3 is 12.1 Å². The number of amides is 3. The van der Waals surface area contributed by atoms with Crippen molar-refractivity contribution in [2.75, 3.05) is 25.6 Å². The van der Waals surface area contributed by atoms with Gasteiger partial charge in [0.05, 0.1) is 13.7 Å². The quantitative estimate of drug-likeness (QED) is 0.161. The molecule has 0 unspecified atom stereocenters. The van der Waals surface area contributed by atoms with Gasteiger partial charge in [0.25, 0.3) is 11.8 Å². The highest BCUT2D eigenvalue weighted by atomic mass is 32.1. The molecule has 0 aliphatic carbocycles. The second-order valence-corrected chi connectivity index (χ2v) is 13.3. The summed E-state index contributed by atoms with van der Waals surface area (Å²) in [4.78, 5) is 56.6. The number of nitrogens with zero attached hydrogens (tertiary/aromatic N) is 1. The first kappa shape index (κ1) is 35.1. The van der Waals surface area contributed by atoms with Crippen molar-refractivity contribution < 1.29 is 33.4 Å². The van der Waals surface area contributed by atoms with Gasteiger partial charge in [0, 0.05) is 47.5 Å². The molecule has 0 radical (unpaired) electrons. The number of hydrogen-bond acceptors (Lipinski definition) is 9. The van der Waals surface area contributed by atoms with Gasteiger partial charge in [0.15, 0.2) is 5.69 Å². The number of esters is 1. The molecule has 49 heavy (non-hydrogen) atoms. The Hall–Kier alpha value is -5.23. The maximum absolute atomic E-state index is 14.2. The van der Waals surface area contributed by atoms with E-state index in [0.717, 1.165) is 34.2 Å². The van der Waals surface area contributed by atoms with Crippen LogP contribution in [0.25, 0.3) is 22.3 Å². The number of fused-ring (bicyclic) bond motifs is 3. The van der Waals surface area contributed by atoms with Gasteiger partial charge in [-0.05, 0) is 97.5 Å². The lowest BCUT2D eigenvalue weighted by molar-refractivity contribution is 0.0522. The Labute approximate surface area is 289 Å². The minimum absolute atomic E-state index is 0.0504. The van der Waals surface area contributed by atoms with Crippen LogP contribution in [0.2, 0.25) is 0 Å². The van der Waals surface area contributed by atoms with Crippen LogP contribution in [0.3, 0.4) is 0 Å². The summed E-state index contributed by atoms with van der Waals surface area (Å²) in [6, 6.07) is 12.1. The minimum Gasteiger partial charge on any atom is -0.493 e. The summed E-state index contributed by atoms with van der Waals surface area (Å²) >= 11 is 1.58. The number of aromatic nitrogens is 1. The maximum Gasteiger partial charge on any atom is 0.407 e. The molecule has 3 heterocycles. The molecule has 1 aliphatic rings. The Morgan fingerprint density at radius 3 is 2.45 bits per heavy atom. The topological polar surface area (TPSA) is 145 Å². The van der Waals surface area contributed by atoms with Crippen molar-refractivity contribution in [1.82, 2.24) is 15.6 Å². The molecule has 2 aromatic carbocycles. The van der Waals surface area contributed by atoms with Gasteiger partial charge in [0.1, 0.15) is 17.0 Å². The summed E-state index contributed by atoms with van der Waals surface area (Å²) in [5.41, 5.74) is 5.31. The van der Waals surface area contributed by atoms with Gasteiger partial charge in [-0.15, -0.1) is 0 Å². The third-order valence-corrected chi connectivity index (χ3v) is 8.53. The average molecular weight is 685 g/mol. The van der Waals surface area contributed by atoms with Gasteiger partial charge in [-0.1, -0.05) is 19.1 Å². The van der Waals surface area contributed by atoms with Crippen molar-refractivity contribution >= 4 is 40.9 Å². The zero-order valence-corrected chi connectivity index (χ0v) is 29.3. The highest BCUT2D eigenvalue weighted by Gasteiger charge is 2.27. The fraction of sp³-hybridized carbons (Fsp3) is 0.324. The molecule has 3 N–H and O–H groups in total. The van der Waals surface area contributed by atoms with E-state index in [9.17, 15) is 19.2 Å². The van der Waals surface area contributed by atoms with E-state index in [2.05, 4.69) is 26.3 Å². The largest absolute Gasteiger partial charge is 0.493 e. The molecule has 11 nitrogen and oxygen atoms in total. The molecule has 0 atom stereocenters. The predicted octanol–water partition coefficient (Wildman–Crippen LogP) is 6.92. The second kappa shape index (κ2) is 14.9. The molecule has 1 aliphatic heterocycles. The number of carbonyl (C=O) groups is 4. The SMILES string of the molecule is CCCNC(=O)c1ccc(-c2cc3c(cc2C(=O)Nc2ccc(CNC(=O)OC(C)(C)C)cc2C)-c2cscc2CCO3)c(C(=O)OC)n1. The number of thiophene rings is 1. The number of anilines is 1. The molecule has 3 amide bonds. The fourth-order valence-corrected chi connectivity index (χ4v) is 6.27. The molecular formula is C37H40N4O7S. The third-order valence-electron chi connectivity index (χ3n) is 7.73. The van der Waals surface area contributed by atoms with Gasteiger partial charge < -0.3 is 30.2 Å². The molecule has 5 rings (SSSR count). The number of carbonyl (C=O) groups excluding carboxylic acids is 4. The zero-order chi connectivity index (χ0) is 35.3. The number of rotatable bonds is 9. The summed E-state index contributed by atoms with van der Waals surface area (Å²) in [6.07, 6.45) is 0.916. The molecule has 12 heteroatoms. The number of hydrogen-bond donors (Lipinski definition) is 3. The monoisotopic (exact) mass is 684 g/mol. The van der Waals surface area contributed by atoms with Gasteiger partial charge in [-0.2, -0.15) is 11.3 Å². The number of benzene rings is 2. The lowest BCUT2D eigenvalue weighted by atomic mass is 9.92. The Morgan fingerprint density at radius 1 is 0.939 bits per heavy atom. The minimum atomic E-state index is -0.756. The van der Waals surface area contributed by atoms with Crippen molar-refractivity contribution in [2.45, 2.75) is 59.6 Å². The number of aryl methyl sites for hydroxylation is 1. The third kappa shape index (κ3) is 8.26. The van der Waals surface area contributed by atoms with Gasteiger partial charge in [-0.3, -0.25) is 9.59 Å². The van der Waals surface area contributed by atoms with Crippen LogP contribution in [0.4, 0.5) is 10.5 Å². The lowest BCUT2D eigenvalue weighted by Gasteiger charge is -2.20. The molecule has 0 saturated carbocycles. The van der Waals surface area contributed by atoms with Gasteiger partial charge in [-0.25, -0.2) is 14.6 Å². The highest BCUT2D eigenvalue weighted by Crippen LogP contribution is 2.42. The normalized spacial score (nSPS) is 12.0. The summed E-state index contributed by atoms with van der Waals surface area (Å²) in [5, 5.41) is 12.6. The molecule has 256 valence electrons. The average Bonchev–Trinajstić information content (AvgIpc) is 3.47. The first-order chi connectivity index (χ1) is 23.4. The number of ether oxygens (including phenoxy) is 3. The summed E-state index contributed by atoms with van der Waals surface area (Å²) in [5.74, 6) is -1.05. The van der Waals surface area contributed by atoms with E-state index in [0.29, 0.717) is 42.1 Å². The molecule has 0 fully saturated rings. The number of nitrogens with one attached hydrogen (secondary N) is 3. The van der Waals surface area contributed by atoms with Crippen molar-refractivity contribution in [3.05, 3.63) is 86.9 Å². The maximum atomic E-state index is 14.2. The van der Waals surface area contributed by atoms with E-state index in [4.69, 9.17) is 14.2 Å². The van der Waals surface area contributed by atoms with E-state index < -0.39 is 29.5 Å². The number of alkyl carbamates (subject to hydrolysis) is 1. The van der Waals surface area contributed by atoms with Crippen LogP contribution in [0, 0.1) is 6.92 Å². The second-order valence-electron chi connectivity index (χ2n) is 12.6. The van der Waals surface area contributed by atoms with Crippen molar-refractivity contribution in [3.8, 4) is 28.0 Å². The number of methoxy groups -OCH3 is 1. The van der Waals surface area contributed by atoms with Crippen LogP contribution >= 0.6 is 11.3 Å².